The first kappa shape index (κ1) is 38.1. The van der Waals surface area contributed by atoms with Gasteiger partial charge in [0.2, 0.25) is 0 Å². The maximum Gasteiger partial charge on any atom is 0.330 e. The Balaban J connectivity index is 0.000000393. The molecule has 13 heteroatoms. The van der Waals surface area contributed by atoms with Crippen molar-refractivity contribution in [2.24, 2.45) is 11.5 Å². The van der Waals surface area contributed by atoms with Gasteiger partial charge in [0.05, 0.1) is 30.2 Å². The number of carbonyl (C=O) groups excluding carboxylic acids is 3. The Morgan fingerprint density at radius 2 is 1.60 bits per heavy atom. The SMILES string of the molecule is CCCC=O.CCCc1nc2cc(/C=C/C(=O)OC)ccc2n1CCN.COC(=O)/C=C/c1ccc(NCCN)c([N+](=O)[O-])c1. The smallest absolute Gasteiger partial charge is 0.330 e. The molecule has 244 valence electrons. The highest BCUT2D eigenvalue weighted by atomic mass is 16.6. The number of anilines is 1. The Morgan fingerprint density at radius 1 is 0.978 bits per heavy atom. The van der Waals surface area contributed by atoms with E-state index in [9.17, 15) is 24.5 Å². The molecule has 2 aromatic carbocycles. The molecule has 0 radical (unpaired) electrons. The van der Waals surface area contributed by atoms with Gasteiger partial charge < -0.3 is 35.6 Å². The van der Waals surface area contributed by atoms with E-state index in [2.05, 4.69) is 31.3 Å². The molecular formula is C32H44N6O7. The number of nitrogens with zero attached hydrogens (tertiary/aromatic N) is 3. The van der Waals surface area contributed by atoms with E-state index in [1.807, 2.05) is 25.1 Å². The zero-order valence-corrected chi connectivity index (χ0v) is 26.4. The molecule has 1 aromatic heterocycles. The number of esters is 2. The van der Waals surface area contributed by atoms with Crippen molar-refractivity contribution in [1.29, 1.82) is 0 Å². The number of imidazole rings is 1. The lowest BCUT2D eigenvalue weighted by Crippen LogP contribution is -2.13. The molecule has 45 heavy (non-hydrogen) atoms. The lowest BCUT2D eigenvalue weighted by atomic mass is 10.1. The summed E-state index contributed by atoms with van der Waals surface area (Å²) in [6.45, 7) is 6.29. The normalized spacial score (nSPS) is 10.5. The summed E-state index contributed by atoms with van der Waals surface area (Å²) in [6, 6.07) is 10.6. The minimum absolute atomic E-state index is 0.0690. The number of nitrogens with two attached hydrogens (primary N) is 2. The third-order valence-corrected chi connectivity index (χ3v) is 5.99. The van der Waals surface area contributed by atoms with Gasteiger partial charge in [0.25, 0.3) is 5.69 Å². The van der Waals surface area contributed by atoms with Crippen LogP contribution in [0.25, 0.3) is 23.2 Å². The molecule has 0 saturated carbocycles. The van der Waals surface area contributed by atoms with Gasteiger partial charge in [-0.2, -0.15) is 0 Å². The van der Waals surface area contributed by atoms with Gasteiger partial charge in [0.1, 0.15) is 17.8 Å². The van der Waals surface area contributed by atoms with E-state index in [4.69, 9.17) is 11.5 Å². The summed E-state index contributed by atoms with van der Waals surface area (Å²) >= 11 is 0. The molecule has 0 unspecified atom stereocenters. The van der Waals surface area contributed by atoms with Gasteiger partial charge >= 0.3 is 11.9 Å². The van der Waals surface area contributed by atoms with Crippen LogP contribution in [-0.2, 0) is 36.8 Å². The van der Waals surface area contributed by atoms with Gasteiger partial charge in [-0.05, 0) is 54.3 Å². The second kappa shape index (κ2) is 21.8. The second-order valence-corrected chi connectivity index (χ2v) is 9.38. The Kier molecular flexibility index (Phi) is 18.4. The summed E-state index contributed by atoms with van der Waals surface area (Å²) in [5.41, 5.74) is 14.8. The summed E-state index contributed by atoms with van der Waals surface area (Å²) in [5, 5.41) is 13.8. The zero-order valence-electron chi connectivity index (χ0n) is 26.4. The minimum Gasteiger partial charge on any atom is -0.466 e. The Morgan fingerprint density at radius 3 is 2.09 bits per heavy atom. The Labute approximate surface area is 263 Å². The van der Waals surface area contributed by atoms with Crippen LogP contribution in [0.5, 0.6) is 0 Å². The number of hydrogen-bond acceptors (Lipinski definition) is 11. The Bertz CT molecular complexity index is 1450. The van der Waals surface area contributed by atoms with Crippen molar-refractivity contribution in [3.8, 4) is 0 Å². The standard InChI is InChI=1S/C16H21N3O2.C12H15N3O4.C4H8O/c1-3-4-15-18-13-11-12(6-8-16(20)21-2)5-7-14(13)19(15)10-9-17;1-19-12(16)5-3-9-2-4-10(14-7-6-13)11(8-9)15(17)18;1-2-3-4-5/h5-8,11H,3-4,9-10,17H2,1-2H3;2-5,8,14H,6-7,13H2,1H3;4H,2-3H2,1H3/b8-6+;5-3+;. The molecular weight excluding hydrogens is 580 g/mol. The number of unbranched alkanes of at least 4 members (excludes halogenated alkanes) is 1. The molecule has 1 heterocycles. The largest absolute Gasteiger partial charge is 0.466 e. The van der Waals surface area contributed by atoms with E-state index in [1.54, 1.807) is 18.2 Å². The fourth-order valence-corrected chi connectivity index (χ4v) is 3.84. The molecule has 0 aliphatic carbocycles. The quantitative estimate of drug-likeness (QED) is 0.0762. The molecule has 0 aliphatic rings. The number of nitro groups is 1. The van der Waals surface area contributed by atoms with Crippen LogP contribution in [0.3, 0.4) is 0 Å². The molecule has 0 fully saturated rings. The fraction of sp³-hybridized carbons (Fsp3) is 0.375. The zero-order chi connectivity index (χ0) is 33.6. The van der Waals surface area contributed by atoms with Crippen molar-refractivity contribution in [1.82, 2.24) is 9.55 Å². The van der Waals surface area contributed by atoms with Gasteiger partial charge in [-0.25, -0.2) is 14.6 Å². The molecule has 3 rings (SSSR count). The maximum absolute atomic E-state index is 11.1. The molecule has 5 N–H and O–H groups in total. The highest BCUT2D eigenvalue weighted by Gasteiger charge is 2.13. The average molecular weight is 625 g/mol. The molecule has 0 saturated heterocycles. The number of nitrogens with one attached hydrogen (secondary N) is 1. The van der Waals surface area contributed by atoms with Crippen LogP contribution in [0.2, 0.25) is 0 Å². The molecule has 0 bridgehead atoms. The third kappa shape index (κ3) is 13.5. The molecule has 3 aromatic rings. The minimum atomic E-state index is -0.520. The van der Waals surface area contributed by atoms with E-state index in [0.717, 1.165) is 54.5 Å². The number of ether oxygens (including phenoxy) is 2. The molecule has 0 amide bonds. The predicted molar refractivity (Wildman–Crippen MR) is 176 cm³/mol. The first-order valence-electron chi connectivity index (χ1n) is 14.6. The number of aryl methyl sites for hydroxylation is 1. The lowest BCUT2D eigenvalue weighted by molar-refractivity contribution is -0.384. The molecule has 13 nitrogen and oxygen atoms in total. The summed E-state index contributed by atoms with van der Waals surface area (Å²) in [6.07, 6.45) is 10.4. The average Bonchev–Trinajstić information content (AvgIpc) is 3.38. The van der Waals surface area contributed by atoms with Gasteiger partial charge in [0, 0.05) is 57.2 Å². The molecule has 0 aliphatic heterocycles. The van der Waals surface area contributed by atoms with Crippen molar-refractivity contribution < 1.29 is 28.8 Å². The highest BCUT2D eigenvalue weighted by Crippen LogP contribution is 2.26. The number of nitro benzene ring substituents is 1. The van der Waals surface area contributed by atoms with E-state index in [1.165, 1.54) is 38.5 Å². The number of hydrogen-bond donors (Lipinski definition) is 3. The van der Waals surface area contributed by atoms with Gasteiger partial charge in [0.15, 0.2) is 0 Å². The van der Waals surface area contributed by atoms with Crippen LogP contribution in [0.1, 0.15) is 50.1 Å². The first-order valence-corrected chi connectivity index (χ1v) is 14.6. The van der Waals surface area contributed by atoms with E-state index < -0.39 is 10.9 Å². The van der Waals surface area contributed by atoms with Crippen LogP contribution in [0, 0.1) is 10.1 Å². The highest BCUT2D eigenvalue weighted by molar-refractivity contribution is 5.88. The number of carbonyl (C=O) groups is 3. The van der Waals surface area contributed by atoms with Crippen molar-refractivity contribution in [2.45, 2.75) is 46.1 Å². The van der Waals surface area contributed by atoms with Gasteiger partial charge in [-0.1, -0.05) is 26.0 Å². The summed E-state index contributed by atoms with van der Waals surface area (Å²) in [5.74, 6) is 0.176. The first-order chi connectivity index (χ1) is 21.7. The van der Waals surface area contributed by atoms with Crippen molar-refractivity contribution in [3.05, 3.63) is 75.6 Å². The fourth-order valence-electron chi connectivity index (χ4n) is 3.84. The third-order valence-electron chi connectivity index (χ3n) is 5.99. The number of fused-ring (bicyclic) bond motifs is 1. The number of aldehydes is 1. The van der Waals surface area contributed by atoms with Gasteiger partial charge in [-0.15, -0.1) is 0 Å². The van der Waals surface area contributed by atoms with Crippen LogP contribution >= 0.6 is 0 Å². The van der Waals surface area contributed by atoms with Crippen LogP contribution in [0.4, 0.5) is 11.4 Å². The summed E-state index contributed by atoms with van der Waals surface area (Å²) < 4.78 is 11.2. The van der Waals surface area contributed by atoms with Crippen molar-refractivity contribution in [3.63, 3.8) is 0 Å². The number of methoxy groups -OCH3 is 2. The molecule has 0 atom stereocenters. The number of aromatic nitrogens is 2. The topological polar surface area (TPSA) is 195 Å². The van der Waals surface area contributed by atoms with Crippen molar-refractivity contribution >= 4 is 52.8 Å². The van der Waals surface area contributed by atoms with E-state index >= 15 is 0 Å². The van der Waals surface area contributed by atoms with Gasteiger partial charge in [-0.3, -0.25) is 10.1 Å². The maximum atomic E-state index is 11.1. The Hall–Kier alpha value is -4.88. The monoisotopic (exact) mass is 624 g/mol. The van der Waals surface area contributed by atoms with Crippen LogP contribution < -0.4 is 16.8 Å². The summed E-state index contributed by atoms with van der Waals surface area (Å²) in [4.78, 5) is 46.6. The van der Waals surface area contributed by atoms with E-state index in [-0.39, 0.29) is 11.7 Å². The predicted octanol–water partition coefficient (Wildman–Crippen LogP) is 4.27. The molecule has 0 spiro atoms. The summed E-state index contributed by atoms with van der Waals surface area (Å²) in [7, 11) is 2.62. The van der Waals surface area contributed by atoms with Crippen LogP contribution in [0.15, 0.2) is 48.6 Å². The second-order valence-electron chi connectivity index (χ2n) is 9.38. The lowest BCUT2D eigenvalue weighted by Gasteiger charge is -2.06. The number of rotatable bonds is 14. The van der Waals surface area contributed by atoms with E-state index in [0.29, 0.717) is 37.3 Å². The van der Waals surface area contributed by atoms with Crippen LogP contribution in [-0.4, -0.2) is 66.6 Å². The number of benzene rings is 2. The van der Waals surface area contributed by atoms with Crippen molar-refractivity contribution in [2.75, 3.05) is 39.2 Å².